The maximum atomic E-state index is 12.7. The van der Waals surface area contributed by atoms with E-state index in [9.17, 15) is 9.18 Å². The quantitative estimate of drug-likeness (QED) is 0.836. The molecule has 1 amide bonds. The van der Waals surface area contributed by atoms with Crippen LogP contribution in [0, 0.1) is 19.7 Å². The topological polar surface area (TPSA) is 57.8 Å². The summed E-state index contributed by atoms with van der Waals surface area (Å²) in [7, 11) is 0. The molecule has 0 radical (unpaired) electrons. The zero-order valence-electron chi connectivity index (χ0n) is 9.54. The molecule has 0 saturated heterocycles. The summed E-state index contributed by atoms with van der Waals surface area (Å²) < 4.78 is 12.7. The van der Waals surface area contributed by atoms with Gasteiger partial charge in [0.15, 0.2) is 0 Å². The van der Waals surface area contributed by atoms with Crippen molar-refractivity contribution in [2.75, 3.05) is 5.32 Å². The molecule has 0 fully saturated rings. The fourth-order valence-corrected chi connectivity index (χ4v) is 1.61. The third-order valence-electron chi connectivity index (χ3n) is 2.46. The number of hydrogen-bond acceptors (Lipinski definition) is 2. The van der Waals surface area contributed by atoms with Gasteiger partial charge in [-0.15, -0.1) is 0 Å². The normalized spacial score (nSPS) is 10.3. The highest BCUT2D eigenvalue weighted by atomic mass is 19.1. The maximum absolute atomic E-state index is 12.7. The van der Waals surface area contributed by atoms with Crippen LogP contribution in [0.25, 0.3) is 0 Å². The molecular formula is C12H12FN3O. The van der Waals surface area contributed by atoms with E-state index < -0.39 is 0 Å². The lowest BCUT2D eigenvalue weighted by atomic mass is 10.2. The van der Waals surface area contributed by atoms with Gasteiger partial charge in [-0.2, -0.15) is 5.10 Å². The zero-order valence-corrected chi connectivity index (χ0v) is 9.54. The molecule has 0 aliphatic rings. The lowest BCUT2D eigenvalue weighted by molar-refractivity contribution is 0.102. The molecule has 88 valence electrons. The van der Waals surface area contributed by atoms with E-state index >= 15 is 0 Å². The van der Waals surface area contributed by atoms with E-state index in [4.69, 9.17) is 0 Å². The summed E-state index contributed by atoms with van der Waals surface area (Å²) in [5.74, 6) is -0.584. The second-order valence-corrected chi connectivity index (χ2v) is 3.77. The van der Waals surface area contributed by atoms with Gasteiger partial charge in [-0.25, -0.2) is 4.39 Å². The number of nitrogens with one attached hydrogen (secondary N) is 2. The molecule has 1 heterocycles. The molecule has 17 heavy (non-hydrogen) atoms. The van der Waals surface area contributed by atoms with Gasteiger partial charge in [0.1, 0.15) is 5.82 Å². The first-order valence-electron chi connectivity index (χ1n) is 5.16. The molecule has 0 aliphatic carbocycles. The molecule has 4 nitrogen and oxygen atoms in total. The monoisotopic (exact) mass is 233 g/mol. The van der Waals surface area contributed by atoms with Crippen LogP contribution in [0.15, 0.2) is 24.3 Å². The van der Waals surface area contributed by atoms with Gasteiger partial charge in [0, 0.05) is 11.4 Å². The Balaban J connectivity index is 2.20. The Morgan fingerprint density at radius 2 is 1.94 bits per heavy atom. The van der Waals surface area contributed by atoms with Crippen molar-refractivity contribution >= 4 is 11.6 Å². The Morgan fingerprint density at radius 3 is 2.47 bits per heavy atom. The van der Waals surface area contributed by atoms with Crippen LogP contribution in [0.2, 0.25) is 0 Å². The standard InChI is InChI=1S/C12H12FN3O/c1-7-11(8(2)16-15-7)12(17)14-10-5-3-9(13)4-6-10/h3-6H,1-2H3,(H,14,17)(H,15,16). The van der Waals surface area contributed by atoms with Gasteiger partial charge in [-0.1, -0.05) is 0 Å². The highest BCUT2D eigenvalue weighted by Crippen LogP contribution is 2.14. The molecule has 0 bridgehead atoms. The molecule has 0 spiro atoms. The summed E-state index contributed by atoms with van der Waals surface area (Å²) in [5.41, 5.74) is 2.43. The average Bonchev–Trinajstić information content (AvgIpc) is 2.62. The van der Waals surface area contributed by atoms with Crippen LogP contribution in [0.4, 0.5) is 10.1 Å². The average molecular weight is 233 g/mol. The third kappa shape index (κ3) is 2.33. The summed E-state index contributed by atoms with van der Waals surface area (Å²) in [6.45, 7) is 3.53. The van der Waals surface area contributed by atoms with Gasteiger partial charge in [-0.3, -0.25) is 9.89 Å². The number of anilines is 1. The number of carbonyl (C=O) groups excluding carboxylic acids is 1. The number of nitrogens with zero attached hydrogens (tertiary/aromatic N) is 1. The van der Waals surface area contributed by atoms with Crippen LogP contribution in [0.3, 0.4) is 0 Å². The van der Waals surface area contributed by atoms with E-state index in [-0.39, 0.29) is 11.7 Å². The molecule has 0 aliphatic heterocycles. The summed E-state index contributed by atoms with van der Waals surface area (Å²) in [5, 5.41) is 9.38. The number of benzene rings is 1. The Kier molecular flexibility index (Phi) is 2.91. The number of hydrogen-bond donors (Lipinski definition) is 2. The van der Waals surface area contributed by atoms with Crippen molar-refractivity contribution in [2.45, 2.75) is 13.8 Å². The van der Waals surface area contributed by atoms with Crippen molar-refractivity contribution in [3.05, 3.63) is 47.0 Å². The first-order chi connectivity index (χ1) is 8.08. The minimum atomic E-state index is -0.335. The molecule has 0 saturated carbocycles. The van der Waals surface area contributed by atoms with Gasteiger partial charge < -0.3 is 5.32 Å². The molecule has 1 aromatic carbocycles. The smallest absolute Gasteiger partial charge is 0.259 e. The van der Waals surface area contributed by atoms with E-state index in [1.54, 1.807) is 13.8 Å². The number of halogens is 1. The Morgan fingerprint density at radius 1 is 1.29 bits per heavy atom. The second-order valence-electron chi connectivity index (χ2n) is 3.77. The highest BCUT2D eigenvalue weighted by Gasteiger charge is 2.15. The summed E-state index contributed by atoms with van der Waals surface area (Å²) in [6, 6.07) is 5.62. The Labute approximate surface area is 97.9 Å². The van der Waals surface area contributed by atoms with Crippen LogP contribution in [0.1, 0.15) is 21.7 Å². The van der Waals surface area contributed by atoms with Crippen LogP contribution in [-0.2, 0) is 0 Å². The van der Waals surface area contributed by atoms with E-state index in [0.29, 0.717) is 22.6 Å². The van der Waals surface area contributed by atoms with Crippen LogP contribution in [-0.4, -0.2) is 16.1 Å². The lowest BCUT2D eigenvalue weighted by Gasteiger charge is -2.04. The first-order valence-corrected chi connectivity index (χ1v) is 5.16. The van der Waals surface area contributed by atoms with E-state index in [0.717, 1.165) is 0 Å². The van der Waals surface area contributed by atoms with Crippen molar-refractivity contribution in [1.82, 2.24) is 10.2 Å². The Hall–Kier alpha value is -2.17. The molecule has 2 aromatic rings. The van der Waals surface area contributed by atoms with Crippen molar-refractivity contribution < 1.29 is 9.18 Å². The van der Waals surface area contributed by atoms with E-state index in [1.807, 2.05) is 0 Å². The zero-order chi connectivity index (χ0) is 12.4. The number of amides is 1. The minimum Gasteiger partial charge on any atom is -0.322 e. The van der Waals surface area contributed by atoms with Gasteiger partial charge in [0.2, 0.25) is 0 Å². The number of rotatable bonds is 2. The van der Waals surface area contributed by atoms with Crippen LogP contribution < -0.4 is 5.32 Å². The fourth-order valence-electron chi connectivity index (χ4n) is 1.61. The SMILES string of the molecule is Cc1n[nH]c(C)c1C(=O)Nc1ccc(F)cc1. The molecule has 1 aromatic heterocycles. The second kappa shape index (κ2) is 4.37. The van der Waals surface area contributed by atoms with Crippen LogP contribution in [0.5, 0.6) is 0 Å². The number of H-pyrrole nitrogens is 1. The number of carbonyl (C=O) groups is 1. The molecule has 2 N–H and O–H groups in total. The number of aromatic nitrogens is 2. The minimum absolute atomic E-state index is 0.250. The number of aromatic amines is 1. The maximum Gasteiger partial charge on any atom is 0.259 e. The largest absolute Gasteiger partial charge is 0.322 e. The Bertz CT molecular complexity index is 526. The predicted octanol–water partition coefficient (Wildman–Crippen LogP) is 2.42. The summed E-state index contributed by atoms with van der Waals surface area (Å²) in [6.07, 6.45) is 0. The van der Waals surface area contributed by atoms with Crippen LogP contribution >= 0.6 is 0 Å². The van der Waals surface area contributed by atoms with Crippen molar-refractivity contribution in [1.29, 1.82) is 0 Å². The van der Waals surface area contributed by atoms with Crippen molar-refractivity contribution in [3.8, 4) is 0 Å². The lowest BCUT2D eigenvalue weighted by Crippen LogP contribution is -2.13. The van der Waals surface area contributed by atoms with Gasteiger partial charge in [-0.05, 0) is 38.1 Å². The van der Waals surface area contributed by atoms with E-state index in [1.165, 1.54) is 24.3 Å². The van der Waals surface area contributed by atoms with E-state index in [2.05, 4.69) is 15.5 Å². The molecular weight excluding hydrogens is 221 g/mol. The predicted molar refractivity (Wildman–Crippen MR) is 62.4 cm³/mol. The molecule has 0 atom stereocenters. The first kappa shape index (κ1) is 11.3. The van der Waals surface area contributed by atoms with Gasteiger partial charge in [0.05, 0.1) is 11.3 Å². The number of aryl methyl sites for hydroxylation is 2. The van der Waals surface area contributed by atoms with Crippen molar-refractivity contribution in [2.24, 2.45) is 0 Å². The van der Waals surface area contributed by atoms with Gasteiger partial charge >= 0.3 is 0 Å². The van der Waals surface area contributed by atoms with Gasteiger partial charge in [0.25, 0.3) is 5.91 Å². The molecule has 5 heteroatoms. The third-order valence-corrected chi connectivity index (χ3v) is 2.46. The highest BCUT2D eigenvalue weighted by molar-refractivity contribution is 6.05. The summed E-state index contributed by atoms with van der Waals surface area (Å²) >= 11 is 0. The summed E-state index contributed by atoms with van der Waals surface area (Å²) in [4.78, 5) is 11.9. The fraction of sp³-hybridized carbons (Fsp3) is 0.167. The molecule has 0 unspecified atom stereocenters. The van der Waals surface area contributed by atoms with Crippen molar-refractivity contribution in [3.63, 3.8) is 0 Å². The molecule has 2 rings (SSSR count).